The van der Waals surface area contributed by atoms with Crippen molar-refractivity contribution in [1.29, 1.82) is 0 Å². The van der Waals surface area contributed by atoms with Crippen molar-refractivity contribution >= 4 is 27.7 Å². The molecule has 0 aliphatic rings. The van der Waals surface area contributed by atoms with Gasteiger partial charge in [-0.05, 0) is 55.3 Å². The van der Waals surface area contributed by atoms with Crippen molar-refractivity contribution in [1.82, 2.24) is 4.57 Å². The van der Waals surface area contributed by atoms with Gasteiger partial charge in [0.15, 0.2) is 6.61 Å². The number of Topliss-reactive ketones (excluding diaryl/α,β-unsaturated/α-hetero) is 1. The molecule has 0 aliphatic heterocycles. The van der Waals surface area contributed by atoms with Gasteiger partial charge in [0.05, 0.1) is 7.11 Å². The Kier molecular flexibility index (Phi) is 5.65. The molecule has 0 aliphatic carbocycles. The Bertz CT molecular complexity index is 1640. The maximum Gasteiger partial charge on any atom is 0.336 e. The van der Waals surface area contributed by atoms with Crippen molar-refractivity contribution in [2.75, 3.05) is 13.7 Å². The molecule has 35 heavy (non-hydrogen) atoms. The number of carbonyl (C=O) groups excluding carboxylic acids is 1. The number of hydrogen-bond donors (Lipinski definition) is 0. The Morgan fingerprint density at radius 3 is 2.46 bits per heavy atom. The number of methoxy groups -OCH3 is 1. The molecule has 5 rings (SSSR count). The van der Waals surface area contributed by atoms with E-state index in [2.05, 4.69) is 0 Å². The molecule has 0 fully saturated rings. The predicted molar refractivity (Wildman–Crippen MR) is 137 cm³/mol. The molecule has 0 spiro atoms. The van der Waals surface area contributed by atoms with E-state index in [0.717, 1.165) is 38.9 Å². The quantitative estimate of drug-likeness (QED) is 0.232. The van der Waals surface area contributed by atoms with Crippen LogP contribution in [0, 0.1) is 13.8 Å². The van der Waals surface area contributed by atoms with Gasteiger partial charge in [-0.2, -0.15) is 0 Å². The van der Waals surface area contributed by atoms with Gasteiger partial charge in [0, 0.05) is 46.2 Å². The fourth-order valence-corrected chi connectivity index (χ4v) is 4.60. The summed E-state index contributed by atoms with van der Waals surface area (Å²) < 4.78 is 18.8. The highest BCUT2D eigenvalue weighted by molar-refractivity contribution is 6.10. The second-order valence-corrected chi connectivity index (χ2v) is 8.52. The van der Waals surface area contributed by atoms with E-state index in [1.165, 1.54) is 6.07 Å². The third-order valence-electron chi connectivity index (χ3n) is 6.55. The number of aryl methyl sites for hydroxylation is 2. The Morgan fingerprint density at radius 1 is 0.971 bits per heavy atom. The molecule has 6 nitrogen and oxygen atoms in total. The maximum absolute atomic E-state index is 13.2. The first-order chi connectivity index (χ1) is 16.9. The largest absolute Gasteiger partial charge is 0.497 e. The molecule has 176 valence electrons. The summed E-state index contributed by atoms with van der Waals surface area (Å²) in [4.78, 5) is 25.6. The van der Waals surface area contributed by atoms with E-state index >= 15 is 0 Å². The fourth-order valence-electron chi connectivity index (χ4n) is 4.60. The van der Waals surface area contributed by atoms with Crippen molar-refractivity contribution in [2.24, 2.45) is 7.05 Å². The zero-order chi connectivity index (χ0) is 24.7. The zero-order valence-electron chi connectivity index (χ0n) is 20.0. The number of rotatable bonds is 6. The lowest BCUT2D eigenvalue weighted by atomic mass is 10.00. The van der Waals surface area contributed by atoms with Crippen LogP contribution in [-0.2, 0) is 7.05 Å². The molecule has 3 aromatic carbocycles. The lowest BCUT2D eigenvalue weighted by Gasteiger charge is -2.13. The third-order valence-corrected chi connectivity index (χ3v) is 6.55. The Morgan fingerprint density at radius 2 is 1.71 bits per heavy atom. The number of fused-ring (bicyclic) bond motifs is 2. The maximum atomic E-state index is 13.2. The van der Waals surface area contributed by atoms with Crippen LogP contribution in [0.15, 0.2) is 75.9 Å². The van der Waals surface area contributed by atoms with Crippen molar-refractivity contribution in [3.63, 3.8) is 0 Å². The van der Waals surface area contributed by atoms with Gasteiger partial charge in [-0.15, -0.1) is 0 Å². The smallest absolute Gasteiger partial charge is 0.336 e. The van der Waals surface area contributed by atoms with Gasteiger partial charge in [0.25, 0.3) is 0 Å². The number of carbonyl (C=O) groups is 1. The van der Waals surface area contributed by atoms with Crippen molar-refractivity contribution in [3.05, 3.63) is 94.0 Å². The summed E-state index contributed by atoms with van der Waals surface area (Å²) in [6.45, 7) is 3.64. The number of ether oxygens (including phenoxy) is 2. The molecule has 0 bridgehead atoms. The summed E-state index contributed by atoms with van der Waals surface area (Å²) in [6, 6.07) is 20.5. The van der Waals surface area contributed by atoms with E-state index in [0.29, 0.717) is 22.5 Å². The number of hydrogen-bond acceptors (Lipinski definition) is 5. The first kappa shape index (κ1) is 22.5. The van der Waals surface area contributed by atoms with Crippen LogP contribution in [-0.4, -0.2) is 24.1 Å². The van der Waals surface area contributed by atoms with Crippen molar-refractivity contribution in [3.8, 4) is 22.6 Å². The number of nitrogens with zero attached hydrogens (tertiary/aromatic N) is 1. The molecule has 0 N–H and O–H groups in total. The molecule has 0 amide bonds. The third kappa shape index (κ3) is 3.87. The first-order valence-electron chi connectivity index (χ1n) is 11.3. The van der Waals surface area contributed by atoms with Gasteiger partial charge in [0.1, 0.15) is 17.1 Å². The molecular formula is C29H25NO5. The monoisotopic (exact) mass is 467 g/mol. The molecular weight excluding hydrogens is 442 g/mol. The average molecular weight is 468 g/mol. The molecule has 0 saturated carbocycles. The summed E-state index contributed by atoms with van der Waals surface area (Å²) >= 11 is 0. The molecule has 2 heterocycles. The van der Waals surface area contributed by atoms with Gasteiger partial charge in [-0.1, -0.05) is 30.3 Å². The minimum Gasteiger partial charge on any atom is -0.497 e. The Labute approximate surface area is 202 Å². The lowest BCUT2D eigenvalue weighted by Crippen LogP contribution is -2.13. The van der Waals surface area contributed by atoms with Crippen molar-refractivity contribution < 1.29 is 18.7 Å². The minimum absolute atomic E-state index is 0.104. The van der Waals surface area contributed by atoms with Crippen LogP contribution < -0.4 is 15.1 Å². The standard InChI is InChI=1S/C29H25NO5/c1-17-26(34-16-25(31)28-18(2)30(3)24-8-6-5-7-22(24)28)14-13-21-23(15-27(32)35-29(17)21)19-9-11-20(33-4)12-10-19/h5-15H,16H2,1-4H3. The highest BCUT2D eigenvalue weighted by Gasteiger charge is 2.20. The highest BCUT2D eigenvalue weighted by atomic mass is 16.5. The van der Waals surface area contributed by atoms with Crippen LogP contribution in [0.25, 0.3) is 33.0 Å². The van der Waals surface area contributed by atoms with E-state index in [4.69, 9.17) is 13.9 Å². The predicted octanol–water partition coefficient (Wildman–Crippen LogP) is 5.84. The number of para-hydroxylation sites is 1. The molecule has 0 atom stereocenters. The highest BCUT2D eigenvalue weighted by Crippen LogP contribution is 2.34. The van der Waals surface area contributed by atoms with Crippen LogP contribution in [0.5, 0.6) is 11.5 Å². The zero-order valence-corrected chi connectivity index (χ0v) is 20.0. The molecule has 0 saturated heterocycles. The Balaban J connectivity index is 1.48. The topological polar surface area (TPSA) is 70.7 Å². The van der Waals surface area contributed by atoms with Crippen LogP contribution in [0.1, 0.15) is 21.6 Å². The molecule has 0 radical (unpaired) electrons. The Hall–Kier alpha value is -4.32. The van der Waals surface area contributed by atoms with Crippen molar-refractivity contribution in [2.45, 2.75) is 13.8 Å². The fraction of sp³-hybridized carbons (Fsp3) is 0.172. The second-order valence-electron chi connectivity index (χ2n) is 8.52. The van der Waals surface area contributed by atoms with Gasteiger partial charge < -0.3 is 18.5 Å². The second kappa shape index (κ2) is 8.80. The van der Waals surface area contributed by atoms with E-state index in [1.54, 1.807) is 7.11 Å². The van der Waals surface area contributed by atoms with Gasteiger partial charge >= 0.3 is 5.63 Å². The van der Waals surface area contributed by atoms with Crippen LogP contribution >= 0.6 is 0 Å². The number of ketones is 1. The average Bonchev–Trinajstić information content (AvgIpc) is 3.13. The van der Waals surface area contributed by atoms with Gasteiger partial charge in [-0.3, -0.25) is 4.79 Å². The summed E-state index contributed by atoms with van der Waals surface area (Å²) in [5.41, 5.74) is 4.84. The first-order valence-corrected chi connectivity index (χ1v) is 11.3. The number of benzene rings is 3. The van der Waals surface area contributed by atoms with Gasteiger partial charge in [0.2, 0.25) is 5.78 Å². The van der Waals surface area contributed by atoms with Crippen LogP contribution in [0.4, 0.5) is 0 Å². The van der Waals surface area contributed by atoms with E-state index in [-0.39, 0.29) is 12.4 Å². The molecule has 5 aromatic rings. The van der Waals surface area contributed by atoms with E-state index in [9.17, 15) is 9.59 Å². The van der Waals surface area contributed by atoms with Gasteiger partial charge in [-0.25, -0.2) is 4.79 Å². The lowest BCUT2D eigenvalue weighted by molar-refractivity contribution is 0.0922. The summed E-state index contributed by atoms with van der Waals surface area (Å²) in [6.07, 6.45) is 0. The SMILES string of the molecule is COc1ccc(-c2cc(=O)oc3c(C)c(OCC(=O)c4c(C)n(C)c5ccccc45)ccc23)cc1. The molecule has 0 unspecified atom stereocenters. The summed E-state index contributed by atoms with van der Waals surface area (Å²) in [5.74, 6) is 1.13. The van der Waals surface area contributed by atoms with E-state index < -0.39 is 5.63 Å². The van der Waals surface area contributed by atoms with Crippen LogP contribution in [0.2, 0.25) is 0 Å². The number of aromatic nitrogens is 1. The molecule has 6 heteroatoms. The molecule has 2 aromatic heterocycles. The summed E-state index contributed by atoms with van der Waals surface area (Å²) in [5, 5.41) is 1.70. The van der Waals surface area contributed by atoms with E-state index in [1.807, 2.05) is 86.1 Å². The van der Waals surface area contributed by atoms with Crippen LogP contribution in [0.3, 0.4) is 0 Å². The summed E-state index contributed by atoms with van der Waals surface area (Å²) in [7, 11) is 3.56. The normalized spacial score (nSPS) is 11.2. The minimum atomic E-state index is -0.453.